The van der Waals surface area contributed by atoms with Gasteiger partial charge < -0.3 is 10.5 Å². The van der Waals surface area contributed by atoms with E-state index in [9.17, 15) is 8.42 Å². The Labute approximate surface area is 120 Å². The molecule has 0 bridgehead atoms. The number of ether oxygens (including phenoxy) is 1. The molecule has 1 heterocycles. The third-order valence-electron chi connectivity index (χ3n) is 3.53. The van der Waals surface area contributed by atoms with Crippen molar-refractivity contribution in [2.45, 2.75) is 25.1 Å². The average molecular weight is 298 g/mol. The Bertz CT molecular complexity index is 525. The van der Waals surface area contributed by atoms with Gasteiger partial charge in [-0.15, -0.1) is 0 Å². The third kappa shape index (κ3) is 4.56. The molecule has 1 aromatic rings. The van der Waals surface area contributed by atoms with Crippen LogP contribution >= 0.6 is 0 Å². The maximum Gasteiger partial charge on any atom is 0.215 e. The molecule has 1 aromatic carbocycles. The molecule has 0 radical (unpaired) electrons. The van der Waals surface area contributed by atoms with Gasteiger partial charge in [0.25, 0.3) is 0 Å². The molecule has 5 nitrogen and oxygen atoms in total. The molecule has 1 unspecified atom stereocenters. The van der Waals surface area contributed by atoms with Crippen LogP contribution < -0.4 is 10.5 Å². The molecule has 1 saturated heterocycles. The van der Waals surface area contributed by atoms with Crippen LogP contribution in [-0.2, 0) is 27.1 Å². The Kier molecular flexibility index (Phi) is 5.54. The SMILES string of the molecule is NCc1ccccc1CS(=O)(=O)NCC1CCCOC1. The van der Waals surface area contributed by atoms with E-state index in [1.807, 2.05) is 24.3 Å². The van der Waals surface area contributed by atoms with Crippen LogP contribution in [0.1, 0.15) is 24.0 Å². The van der Waals surface area contributed by atoms with Crippen molar-refractivity contribution in [2.75, 3.05) is 19.8 Å². The van der Waals surface area contributed by atoms with E-state index in [-0.39, 0.29) is 11.7 Å². The number of benzene rings is 1. The van der Waals surface area contributed by atoms with Gasteiger partial charge in [-0.1, -0.05) is 24.3 Å². The zero-order valence-corrected chi connectivity index (χ0v) is 12.4. The summed E-state index contributed by atoms with van der Waals surface area (Å²) >= 11 is 0. The Morgan fingerprint density at radius 2 is 2.05 bits per heavy atom. The average Bonchev–Trinajstić information content (AvgIpc) is 2.47. The van der Waals surface area contributed by atoms with E-state index in [0.29, 0.717) is 19.7 Å². The number of nitrogens with one attached hydrogen (secondary N) is 1. The first-order valence-corrected chi connectivity index (χ1v) is 8.58. The van der Waals surface area contributed by atoms with Crippen molar-refractivity contribution < 1.29 is 13.2 Å². The summed E-state index contributed by atoms with van der Waals surface area (Å²) in [6.45, 7) is 2.23. The minimum atomic E-state index is -3.33. The molecule has 0 spiro atoms. The first-order valence-electron chi connectivity index (χ1n) is 6.92. The van der Waals surface area contributed by atoms with Gasteiger partial charge in [0.05, 0.1) is 12.4 Å². The lowest BCUT2D eigenvalue weighted by Gasteiger charge is -2.22. The van der Waals surface area contributed by atoms with Crippen LogP contribution in [-0.4, -0.2) is 28.2 Å². The van der Waals surface area contributed by atoms with Crippen LogP contribution in [0.5, 0.6) is 0 Å². The molecular formula is C14H22N2O3S. The van der Waals surface area contributed by atoms with Crippen molar-refractivity contribution in [1.82, 2.24) is 4.72 Å². The molecule has 1 aliphatic heterocycles. The third-order valence-corrected chi connectivity index (χ3v) is 4.83. The molecule has 6 heteroatoms. The minimum absolute atomic E-state index is 0.0199. The lowest BCUT2D eigenvalue weighted by atomic mass is 10.0. The fourth-order valence-electron chi connectivity index (χ4n) is 2.37. The molecule has 20 heavy (non-hydrogen) atoms. The lowest BCUT2D eigenvalue weighted by molar-refractivity contribution is 0.0568. The van der Waals surface area contributed by atoms with Crippen molar-refractivity contribution >= 4 is 10.0 Å². The lowest BCUT2D eigenvalue weighted by Crippen LogP contribution is -2.34. The highest BCUT2D eigenvalue weighted by molar-refractivity contribution is 7.88. The molecule has 1 atom stereocenters. The van der Waals surface area contributed by atoms with E-state index in [1.165, 1.54) is 0 Å². The maximum absolute atomic E-state index is 12.1. The molecule has 0 aliphatic carbocycles. The van der Waals surface area contributed by atoms with Gasteiger partial charge in [0, 0.05) is 19.7 Å². The van der Waals surface area contributed by atoms with Crippen molar-refractivity contribution in [1.29, 1.82) is 0 Å². The summed E-state index contributed by atoms with van der Waals surface area (Å²) in [7, 11) is -3.33. The van der Waals surface area contributed by atoms with Gasteiger partial charge in [-0.05, 0) is 29.9 Å². The summed E-state index contributed by atoms with van der Waals surface area (Å²) in [5.74, 6) is 0.261. The molecule has 3 N–H and O–H groups in total. The first-order chi connectivity index (χ1) is 9.61. The summed E-state index contributed by atoms with van der Waals surface area (Å²) in [5.41, 5.74) is 7.27. The van der Waals surface area contributed by atoms with E-state index in [4.69, 9.17) is 10.5 Å². The highest BCUT2D eigenvalue weighted by Gasteiger charge is 2.18. The number of sulfonamides is 1. The van der Waals surface area contributed by atoms with Crippen LogP contribution in [0, 0.1) is 5.92 Å². The minimum Gasteiger partial charge on any atom is -0.381 e. The maximum atomic E-state index is 12.1. The van der Waals surface area contributed by atoms with E-state index in [2.05, 4.69) is 4.72 Å². The summed E-state index contributed by atoms with van der Waals surface area (Å²) in [4.78, 5) is 0. The molecule has 112 valence electrons. The van der Waals surface area contributed by atoms with E-state index in [1.54, 1.807) is 0 Å². The molecule has 0 saturated carbocycles. The zero-order chi connectivity index (χ0) is 14.4. The zero-order valence-electron chi connectivity index (χ0n) is 11.5. The predicted molar refractivity (Wildman–Crippen MR) is 78.5 cm³/mol. The quantitative estimate of drug-likeness (QED) is 0.820. The fourth-order valence-corrected chi connectivity index (χ4v) is 3.65. The van der Waals surface area contributed by atoms with Crippen molar-refractivity contribution in [3.05, 3.63) is 35.4 Å². The summed E-state index contributed by atoms with van der Waals surface area (Å²) in [5, 5.41) is 0. The molecule has 1 fully saturated rings. The Morgan fingerprint density at radius 1 is 1.30 bits per heavy atom. The van der Waals surface area contributed by atoms with Gasteiger partial charge in [0.2, 0.25) is 10.0 Å². The smallest absolute Gasteiger partial charge is 0.215 e. The fraction of sp³-hybridized carbons (Fsp3) is 0.571. The second kappa shape index (κ2) is 7.17. The number of nitrogens with two attached hydrogens (primary N) is 1. The summed E-state index contributed by atoms with van der Waals surface area (Å²) in [6.07, 6.45) is 2.02. The van der Waals surface area contributed by atoms with Crippen LogP contribution in [0.25, 0.3) is 0 Å². The highest BCUT2D eigenvalue weighted by atomic mass is 32.2. The molecule has 1 aliphatic rings. The number of rotatable bonds is 6. The van der Waals surface area contributed by atoms with Gasteiger partial charge in [-0.2, -0.15) is 0 Å². The Morgan fingerprint density at radius 3 is 2.70 bits per heavy atom. The summed E-state index contributed by atoms with van der Waals surface area (Å²) < 4.78 is 32.3. The van der Waals surface area contributed by atoms with Gasteiger partial charge in [-0.25, -0.2) is 13.1 Å². The highest BCUT2D eigenvalue weighted by Crippen LogP contribution is 2.14. The second-order valence-electron chi connectivity index (χ2n) is 5.16. The Balaban J connectivity index is 1.93. The molecule has 0 amide bonds. The van der Waals surface area contributed by atoms with E-state index in [0.717, 1.165) is 30.6 Å². The molecule has 2 rings (SSSR count). The second-order valence-corrected chi connectivity index (χ2v) is 6.97. The summed E-state index contributed by atoms with van der Waals surface area (Å²) in [6, 6.07) is 7.37. The topological polar surface area (TPSA) is 81.4 Å². The largest absolute Gasteiger partial charge is 0.381 e. The Hall–Kier alpha value is -0.950. The predicted octanol–water partition coefficient (Wildman–Crippen LogP) is 0.991. The van der Waals surface area contributed by atoms with Gasteiger partial charge in [0.15, 0.2) is 0 Å². The van der Waals surface area contributed by atoms with Gasteiger partial charge in [0.1, 0.15) is 0 Å². The number of hydrogen-bond donors (Lipinski definition) is 2. The van der Waals surface area contributed by atoms with Gasteiger partial charge in [-0.3, -0.25) is 0 Å². The normalized spacial score (nSPS) is 19.9. The van der Waals surface area contributed by atoms with E-state index >= 15 is 0 Å². The van der Waals surface area contributed by atoms with Crippen molar-refractivity contribution in [3.63, 3.8) is 0 Å². The monoisotopic (exact) mass is 298 g/mol. The van der Waals surface area contributed by atoms with E-state index < -0.39 is 10.0 Å². The molecular weight excluding hydrogens is 276 g/mol. The van der Waals surface area contributed by atoms with Crippen LogP contribution in [0.15, 0.2) is 24.3 Å². The van der Waals surface area contributed by atoms with Gasteiger partial charge >= 0.3 is 0 Å². The van der Waals surface area contributed by atoms with Crippen molar-refractivity contribution in [2.24, 2.45) is 11.7 Å². The van der Waals surface area contributed by atoms with Crippen LogP contribution in [0.3, 0.4) is 0 Å². The van der Waals surface area contributed by atoms with Crippen LogP contribution in [0.4, 0.5) is 0 Å². The number of hydrogen-bond acceptors (Lipinski definition) is 4. The van der Waals surface area contributed by atoms with Crippen molar-refractivity contribution in [3.8, 4) is 0 Å². The first kappa shape index (κ1) is 15.4. The van der Waals surface area contributed by atoms with Crippen LogP contribution in [0.2, 0.25) is 0 Å². The standard InChI is InChI=1S/C14H22N2O3S/c15-8-13-5-1-2-6-14(13)11-20(17,18)16-9-12-4-3-7-19-10-12/h1-2,5-6,12,16H,3-4,7-11,15H2. The molecule has 0 aromatic heterocycles.